The molecule has 0 saturated heterocycles. The predicted molar refractivity (Wildman–Crippen MR) is 84.9 cm³/mol. The number of ether oxygens (including phenoxy) is 1. The molecule has 0 aliphatic heterocycles. The monoisotopic (exact) mass is 353 g/mol. The minimum atomic E-state index is -0.340. The van der Waals surface area contributed by atoms with Gasteiger partial charge >= 0.3 is 5.69 Å². The van der Waals surface area contributed by atoms with Crippen molar-refractivity contribution in [2.45, 2.75) is 6.54 Å². The lowest BCUT2D eigenvalue weighted by molar-refractivity contribution is 0.412. The van der Waals surface area contributed by atoms with E-state index in [0.717, 1.165) is 14.7 Å². The molecule has 0 aliphatic rings. The fourth-order valence-electron chi connectivity index (χ4n) is 1.91. The van der Waals surface area contributed by atoms with Crippen molar-refractivity contribution in [2.75, 3.05) is 12.4 Å². The lowest BCUT2D eigenvalue weighted by atomic mass is 10.3. The molecular weight excluding hydrogens is 338 g/mol. The molecule has 0 bridgehead atoms. The zero-order chi connectivity index (χ0) is 15.6. The zero-order valence-electron chi connectivity index (χ0n) is 12.0. The summed E-state index contributed by atoms with van der Waals surface area (Å²) in [5, 5.41) is 3.17. The van der Waals surface area contributed by atoms with Crippen LogP contribution < -0.4 is 21.3 Å². The van der Waals surface area contributed by atoms with Crippen molar-refractivity contribution in [1.29, 1.82) is 0 Å². The number of halogens is 1. The van der Waals surface area contributed by atoms with Crippen molar-refractivity contribution < 1.29 is 4.74 Å². The number of anilines is 1. The maximum absolute atomic E-state index is 11.8. The van der Waals surface area contributed by atoms with E-state index in [1.807, 2.05) is 18.2 Å². The molecule has 0 radical (unpaired) electrons. The lowest BCUT2D eigenvalue weighted by Gasteiger charge is -2.12. The van der Waals surface area contributed by atoms with Crippen LogP contribution in [-0.2, 0) is 20.6 Å². The van der Waals surface area contributed by atoms with Gasteiger partial charge in [0.2, 0.25) is 0 Å². The van der Waals surface area contributed by atoms with Crippen LogP contribution >= 0.6 is 15.9 Å². The third-order valence-electron chi connectivity index (χ3n) is 3.25. The van der Waals surface area contributed by atoms with Crippen molar-refractivity contribution in [3.8, 4) is 5.75 Å². The Morgan fingerprint density at radius 3 is 2.57 bits per heavy atom. The number of rotatable bonds is 4. The van der Waals surface area contributed by atoms with E-state index in [2.05, 4.69) is 21.2 Å². The van der Waals surface area contributed by atoms with Crippen LogP contribution in [0, 0.1) is 0 Å². The Labute approximate surface area is 130 Å². The van der Waals surface area contributed by atoms with Crippen molar-refractivity contribution in [1.82, 2.24) is 9.13 Å². The molecule has 7 heteroatoms. The van der Waals surface area contributed by atoms with E-state index in [1.165, 1.54) is 17.7 Å². The first kappa shape index (κ1) is 15.4. The number of benzene rings is 1. The second-order valence-electron chi connectivity index (χ2n) is 4.58. The highest BCUT2D eigenvalue weighted by atomic mass is 79.9. The summed E-state index contributed by atoms with van der Waals surface area (Å²) in [5.41, 5.74) is 0.795. The van der Waals surface area contributed by atoms with Crippen molar-refractivity contribution in [3.05, 3.63) is 55.3 Å². The average Bonchev–Trinajstić information content (AvgIpc) is 2.48. The largest absolute Gasteiger partial charge is 0.495 e. The van der Waals surface area contributed by atoms with Crippen LogP contribution in [0.25, 0.3) is 0 Å². The van der Waals surface area contributed by atoms with Gasteiger partial charge in [-0.15, -0.1) is 0 Å². The molecule has 6 nitrogen and oxygen atoms in total. The van der Waals surface area contributed by atoms with Gasteiger partial charge in [0.15, 0.2) is 0 Å². The lowest BCUT2D eigenvalue weighted by Crippen LogP contribution is -2.38. The molecule has 0 amide bonds. The van der Waals surface area contributed by atoms with Gasteiger partial charge in [-0.3, -0.25) is 13.9 Å². The van der Waals surface area contributed by atoms with Gasteiger partial charge in [-0.1, -0.05) is 0 Å². The molecule has 0 aliphatic carbocycles. The van der Waals surface area contributed by atoms with E-state index in [0.29, 0.717) is 18.0 Å². The smallest absolute Gasteiger partial charge is 0.330 e. The summed E-state index contributed by atoms with van der Waals surface area (Å²) < 4.78 is 8.60. The topological polar surface area (TPSA) is 65.3 Å². The van der Waals surface area contributed by atoms with E-state index < -0.39 is 0 Å². The average molecular weight is 354 g/mol. The summed E-state index contributed by atoms with van der Waals surface area (Å²) >= 11 is 3.38. The maximum atomic E-state index is 11.8. The van der Waals surface area contributed by atoms with Crippen molar-refractivity contribution in [3.63, 3.8) is 0 Å². The number of nitrogens with zero attached hydrogens (tertiary/aromatic N) is 2. The highest BCUT2D eigenvalue weighted by Crippen LogP contribution is 2.27. The van der Waals surface area contributed by atoms with E-state index in [9.17, 15) is 9.59 Å². The van der Waals surface area contributed by atoms with Crippen LogP contribution in [0.5, 0.6) is 5.75 Å². The molecule has 1 aromatic heterocycles. The summed E-state index contributed by atoms with van der Waals surface area (Å²) in [6.45, 7) is 0.368. The summed E-state index contributed by atoms with van der Waals surface area (Å²) in [7, 11) is 4.69. The number of aromatic nitrogens is 2. The highest BCUT2D eigenvalue weighted by molar-refractivity contribution is 9.10. The molecule has 1 aromatic carbocycles. The molecule has 0 fully saturated rings. The molecule has 0 saturated carbocycles. The normalized spacial score (nSPS) is 10.5. The van der Waals surface area contributed by atoms with E-state index in [1.54, 1.807) is 14.2 Å². The minimum absolute atomic E-state index is 0.316. The molecule has 1 heterocycles. The number of methoxy groups -OCH3 is 1. The molecule has 112 valence electrons. The van der Waals surface area contributed by atoms with Crippen LogP contribution in [-0.4, -0.2) is 16.2 Å². The van der Waals surface area contributed by atoms with Gasteiger partial charge in [0.05, 0.1) is 18.1 Å². The highest BCUT2D eigenvalue weighted by Gasteiger charge is 2.06. The molecule has 0 atom stereocenters. The first-order valence-electron chi connectivity index (χ1n) is 6.27. The molecular formula is C14H16BrN3O3. The number of nitrogens with one attached hydrogen (secondary N) is 1. The van der Waals surface area contributed by atoms with E-state index in [-0.39, 0.29) is 11.2 Å². The fraction of sp³-hybridized carbons (Fsp3) is 0.286. The van der Waals surface area contributed by atoms with Crippen LogP contribution in [0.1, 0.15) is 5.69 Å². The van der Waals surface area contributed by atoms with E-state index >= 15 is 0 Å². The van der Waals surface area contributed by atoms with Gasteiger partial charge < -0.3 is 10.1 Å². The first-order valence-corrected chi connectivity index (χ1v) is 7.06. The van der Waals surface area contributed by atoms with Crippen molar-refractivity contribution in [2.24, 2.45) is 14.1 Å². The summed E-state index contributed by atoms with van der Waals surface area (Å²) in [6.07, 6.45) is 0. The molecule has 2 rings (SSSR count). The maximum Gasteiger partial charge on any atom is 0.330 e. The quantitative estimate of drug-likeness (QED) is 0.903. The first-order chi connectivity index (χ1) is 9.93. The second-order valence-corrected chi connectivity index (χ2v) is 5.43. The van der Waals surface area contributed by atoms with Crippen molar-refractivity contribution >= 4 is 21.6 Å². The second kappa shape index (κ2) is 6.17. The molecule has 0 unspecified atom stereocenters. The standard InChI is InChI=1S/C14H16BrN3O3/c1-17-10(7-13(19)18(2)14(17)20)8-16-9-4-5-11(15)12(6-9)21-3/h4-7,16H,8H2,1-3H3. The van der Waals surface area contributed by atoms with Gasteiger partial charge in [-0.05, 0) is 28.1 Å². The number of hydrogen-bond donors (Lipinski definition) is 1. The SMILES string of the molecule is COc1cc(NCc2cc(=O)n(C)c(=O)n2C)ccc1Br. The van der Waals surface area contributed by atoms with Gasteiger partial charge in [-0.25, -0.2) is 4.79 Å². The fourth-order valence-corrected chi connectivity index (χ4v) is 2.32. The van der Waals surface area contributed by atoms with Gasteiger partial charge in [0.25, 0.3) is 5.56 Å². The minimum Gasteiger partial charge on any atom is -0.495 e. The molecule has 21 heavy (non-hydrogen) atoms. The van der Waals surface area contributed by atoms with Crippen LogP contribution in [0.4, 0.5) is 5.69 Å². The zero-order valence-corrected chi connectivity index (χ0v) is 13.6. The molecule has 0 spiro atoms. The Morgan fingerprint density at radius 2 is 1.90 bits per heavy atom. The Balaban J connectivity index is 2.25. The Kier molecular flexibility index (Phi) is 4.52. The summed E-state index contributed by atoms with van der Waals surface area (Å²) in [5.74, 6) is 0.706. The molecule has 1 N–H and O–H groups in total. The number of hydrogen-bond acceptors (Lipinski definition) is 4. The Morgan fingerprint density at radius 1 is 1.19 bits per heavy atom. The van der Waals surface area contributed by atoms with Crippen LogP contribution in [0.3, 0.4) is 0 Å². The summed E-state index contributed by atoms with van der Waals surface area (Å²) in [6, 6.07) is 7.03. The predicted octanol–water partition coefficient (Wildman–Crippen LogP) is 1.47. The molecule has 2 aromatic rings. The van der Waals surface area contributed by atoms with Crippen LogP contribution in [0.2, 0.25) is 0 Å². The van der Waals surface area contributed by atoms with E-state index in [4.69, 9.17) is 4.74 Å². The third kappa shape index (κ3) is 3.18. The third-order valence-corrected chi connectivity index (χ3v) is 3.91. The van der Waals surface area contributed by atoms with Gasteiger partial charge in [0.1, 0.15) is 5.75 Å². The Hall–Kier alpha value is -2.02. The van der Waals surface area contributed by atoms with Crippen LogP contribution in [0.15, 0.2) is 38.3 Å². The summed E-state index contributed by atoms with van der Waals surface area (Å²) in [4.78, 5) is 23.5. The van der Waals surface area contributed by atoms with Gasteiger partial charge in [-0.2, -0.15) is 0 Å². The Bertz CT molecular complexity index is 780. The van der Waals surface area contributed by atoms with Gasteiger partial charge in [0, 0.05) is 37.6 Å².